The van der Waals surface area contributed by atoms with Crippen molar-refractivity contribution in [2.45, 2.75) is 225 Å². The second-order valence-electron chi connectivity index (χ2n) is 13.1. The van der Waals surface area contributed by atoms with Gasteiger partial charge in [0.25, 0.3) is 0 Å². The van der Waals surface area contributed by atoms with Crippen LogP contribution in [0.3, 0.4) is 0 Å². The number of carboxylic acid groups (broad SMARTS) is 1. The van der Waals surface area contributed by atoms with E-state index in [1.807, 2.05) is 0 Å². The number of unbranched alkanes of at least 4 members (excludes halogenated alkanes) is 24. The van der Waals surface area contributed by atoms with E-state index < -0.39 is 5.97 Å². The Kier molecular flexibility index (Phi) is 34.1. The van der Waals surface area contributed by atoms with Crippen LogP contribution in [-0.4, -0.2) is 23.1 Å². The number of allylic oxidation sites excluding steroid dienone is 2. The molecule has 0 saturated heterocycles. The lowest BCUT2D eigenvalue weighted by molar-refractivity contribution is -0.150. The highest BCUT2D eigenvalue weighted by atomic mass is 16.5. The van der Waals surface area contributed by atoms with Crippen LogP contribution in [0.4, 0.5) is 0 Å². The fraction of sp³-hybridized carbons (Fsp3) is 0.897. The largest absolute Gasteiger partial charge is 0.481 e. The Morgan fingerprint density at radius 3 is 1.28 bits per heavy atom. The van der Waals surface area contributed by atoms with Gasteiger partial charge >= 0.3 is 11.9 Å². The van der Waals surface area contributed by atoms with E-state index in [-0.39, 0.29) is 12.1 Å². The molecule has 4 nitrogen and oxygen atoms in total. The van der Waals surface area contributed by atoms with Gasteiger partial charge < -0.3 is 9.84 Å². The van der Waals surface area contributed by atoms with Crippen molar-refractivity contribution in [1.29, 1.82) is 0 Å². The predicted molar refractivity (Wildman–Crippen MR) is 186 cm³/mol. The molecule has 0 radical (unpaired) electrons. The molecular formula is C39H74O4. The Morgan fingerprint density at radius 2 is 0.837 bits per heavy atom. The molecule has 0 aliphatic carbocycles. The molecule has 1 atom stereocenters. The minimum absolute atomic E-state index is 0.0330. The van der Waals surface area contributed by atoms with Crippen molar-refractivity contribution in [2.75, 3.05) is 0 Å². The van der Waals surface area contributed by atoms with Crippen molar-refractivity contribution in [3.63, 3.8) is 0 Å². The number of carbonyl (C=O) groups excluding carboxylic acids is 1. The molecule has 4 heteroatoms. The number of esters is 1. The van der Waals surface area contributed by atoms with Crippen molar-refractivity contribution in [3.8, 4) is 0 Å². The van der Waals surface area contributed by atoms with Gasteiger partial charge in [-0.15, -0.1) is 0 Å². The molecule has 0 heterocycles. The normalized spacial score (nSPS) is 12.2. The zero-order valence-corrected chi connectivity index (χ0v) is 29.0. The Bertz CT molecular complexity index is 614. The highest BCUT2D eigenvalue weighted by molar-refractivity contribution is 5.69. The molecule has 0 saturated carbocycles. The fourth-order valence-corrected chi connectivity index (χ4v) is 5.89. The molecule has 0 spiro atoms. The van der Waals surface area contributed by atoms with E-state index in [2.05, 4.69) is 26.0 Å². The molecule has 43 heavy (non-hydrogen) atoms. The van der Waals surface area contributed by atoms with Crippen molar-refractivity contribution >= 4 is 11.9 Å². The Labute approximate surface area is 268 Å². The zero-order chi connectivity index (χ0) is 31.5. The number of aliphatic carboxylic acids is 1. The summed E-state index contributed by atoms with van der Waals surface area (Å²) in [4.78, 5) is 23.1. The number of carbonyl (C=O) groups is 2. The van der Waals surface area contributed by atoms with Gasteiger partial charge in [-0.1, -0.05) is 154 Å². The van der Waals surface area contributed by atoms with Crippen LogP contribution in [-0.2, 0) is 14.3 Å². The van der Waals surface area contributed by atoms with Gasteiger partial charge in [0.15, 0.2) is 0 Å². The van der Waals surface area contributed by atoms with Gasteiger partial charge in [0.1, 0.15) is 6.10 Å². The van der Waals surface area contributed by atoms with E-state index >= 15 is 0 Å². The summed E-state index contributed by atoms with van der Waals surface area (Å²) in [6.45, 7) is 4.52. The topological polar surface area (TPSA) is 63.6 Å². The standard InChI is InChI=1S/C39H74O4/c1-3-5-7-9-10-11-12-13-14-18-21-24-28-32-36-39(42)43-37(33-29-25-8-6-4-2)34-30-26-22-19-16-15-17-20-23-27-31-35-38(40)41/h11-12,37H,3-10,13-36H2,1-2H3,(H,40,41)/b12-11-. The average molecular weight is 607 g/mol. The first-order valence-electron chi connectivity index (χ1n) is 19.2. The van der Waals surface area contributed by atoms with Crippen molar-refractivity contribution in [2.24, 2.45) is 0 Å². The third-order valence-corrected chi connectivity index (χ3v) is 8.74. The third kappa shape index (κ3) is 35.0. The maximum atomic E-state index is 12.6. The first-order chi connectivity index (χ1) is 21.1. The highest BCUT2D eigenvalue weighted by Crippen LogP contribution is 2.19. The summed E-state index contributed by atoms with van der Waals surface area (Å²) in [7, 11) is 0. The molecule has 0 fully saturated rings. The number of hydrogen-bond acceptors (Lipinski definition) is 3. The maximum absolute atomic E-state index is 12.6. The molecule has 0 bridgehead atoms. The van der Waals surface area contributed by atoms with E-state index in [0.717, 1.165) is 38.5 Å². The predicted octanol–water partition coefficient (Wildman–Crippen LogP) is 13.1. The summed E-state index contributed by atoms with van der Waals surface area (Å²) in [6, 6.07) is 0. The lowest BCUT2D eigenvalue weighted by Crippen LogP contribution is -2.18. The molecule has 0 aromatic rings. The summed E-state index contributed by atoms with van der Waals surface area (Å²) in [5.41, 5.74) is 0. The fourth-order valence-electron chi connectivity index (χ4n) is 5.89. The van der Waals surface area contributed by atoms with Crippen LogP contribution in [0.15, 0.2) is 12.2 Å². The minimum Gasteiger partial charge on any atom is -0.481 e. The van der Waals surface area contributed by atoms with Gasteiger partial charge in [-0.25, -0.2) is 0 Å². The summed E-state index contributed by atoms with van der Waals surface area (Å²) < 4.78 is 6.00. The van der Waals surface area contributed by atoms with Gasteiger partial charge in [0, 0.05) is 12.8 Å². The smallest absolute Gasteiger partial charge is 0.306 e. The van der Waals surface area contributed by atoms with Crippen LogP contribution in [0.25, 0.3) is 0 Å². The van der Waals surface area contributed by atoms with Crippen LogP contribution < -0.4 is 0 Å². The van der Waals surface area contributed by atoms with Crippen molar-refractivity contribution in [1.82, 2.24) is 0 Å². The van der Waals surface area contributed by atoms with Crippen LogP contribution in [0.1, 0.15) is 219 Å². The van der Waals surface area contributed by atoms with Gasteiger partial charge in [-0.2, -0.15) is 0 Å². The molecule has 254 valence electrons. The Morgan fingerprint density at radius 1 is 0.488 bits per heavy atom. The molecule has 0 amide bonds. The molecule has 0 aromatic carbocycles. The van der Waals surface area contributed by atoms with E-state index in [1.54, 1.807) is 0 Å². The molecule has 0 aliphatic rings. The minimum atomic E-state index is -0.671. The van der Waals surface area contributed by atoms with E-state index in [1.165, 1.54) is 154 Å². The van der Waals surface area contributed by atoms with Gasteiger partial charge in [-0.3, -0.25) is 9.59 Å². The lowest BCUT2D eigenvalue weighted by Gasteiger charge is -2.18. The number of ether oxygens (including phenoxy) is 1. The first-order valence-corrected chi connectivity index (χ1v) is 19.2. The highest BCUT2D eigenvalue weighted by Gasteiger charge is 2.14. The van der Waals surface area contributed by atoms with Crippen molar-refractivity contribution < 1.29 is 19.4 Å². The van der Waals surface area contributed by atoms with E-state index in [0.29, 0.717) is 12.8 Å². The van der Waals surface area contributed by atoms with E-state index in [9.17, 15) is 9.59 Å². The molecule has 0 rings (SSSR count). The summed E-state index contributed by atoms with van der Waals surface area (Å²) in [5, 5.41) is 8.69. The zero-order valence-electron chi connectivity index (χ0n) is 29.0. The number of carboxylic acids is 1. The van der Waals surface area contributed by atoms with Crippen LogP contribution in [0, 0.1) is 0 Å². The van der Waals surface area contributed by atoms with Gasteiger partial charge in [0.2, 0.25) is 0 Å². The Hall–Kier alpha value is -1.32. The number of hydrogen-bond donors (Lipinski definition) is 1. The third-order valence-electron chi connectivity index (χ3n) is 8.74. The Balaban J connectivity index is 3.88. The second kappa shape index (κ2) is 35.2. The SMILES string of the molecule is CCCCCC/C=C\CCCCCCCCC(=O)OC(CCCCCCC)CCCCCCCCCCCCCC(=O)O. The first kappa shape index (κ1) is 41.7. The lowest BCUT2D eigenvalue weighted by atomic mass is 10.0. The van der Waals surface area contributed by atoms with Crippen molar-refractivity contribution in [3.05, 3.63) is 12.2 Å². The molecule has 1 unspecified atom stereocenters. The monoisotopic (exact) mass is 607 g/mol. The molecular weight excluding hydrogens is 532 g/mol. The summed E-state index contributed by atoms with van der Waals surface area (Å²) in [6.07, 6.45) is 42.4. The maximum Gasteiger partial charge on any atom is 0.306 e. The molecule has 0 aliphatic heterocycles. The average Bonchev–Trinajstić information content (AvgIpc) is 2.99. The quantitative estimate of drug-likeness (QED) is 0.0443. The summed E-state index contributed by atoms with van der Waals surface area (Å²) >= 11 is 0. The molecule has 1 N–H and O–H groups in total. The molecule has 0 aromatic heterocycles. The summed E-state index contributed by atoms with van der Waals surface area (Å²) in [5.74, 6) is -0.638. The van der Waals surface area contributed by atoms with Crippen LogP contribution in [0.5, 0.6) is 0 Å². The number of rotatable bonds is 35. The van der Waals surface area contributed by atoms with E-state index in [4.69, 9.17) is 9.84 Å². The van der Waals surface area contributed by atoms with Gasteiger partial charge in [0.05, 0.1) is 0 Å². The van der Waals surface area contributed by atoms with Gasteiger partial charge in [-0.05, 0) is 64.2 Å². The van der Waals surface area contributed by atoms with Crippen LogP contribution >= 0.6 is 0 Å². The van der Waals surface area contributed by atoms with Crippen LogP contribution in [0.2, 0.25) is 0 Å². The second-order valence-corrected chi connectivity index (χ2v) is 13.1.